The smallest absolute Gasteiger partial charge is 0.188 e. The molecule has 2 rings (SSSR count). The van der Waals surface area contributed by atoms with E-state index in [4.69, 9.17) is 11.0 Å². The second-order valence-corrected chi connectivity index (χ2v) is 4.07. The molecule has 2 aromatic rings. The summed E-state index contributed by atoms with van der Waals surface area (Å²) in [6, 6.07) is 7.71. The van der Waals surface area contributed by atoms with E-state index < -0.39 is 0 Å². The molecule has 0 aliphatic rings. The summed E-state index contributed by atoms with van der Waals surface area (Å²) in [5, 5.41) is 16.2. The highest BCUT2D eigenvalue weighted by atomic mass is 32.2. The monoisotopic (exact) mass is 231 g/mol. The number of aromatic nitrogens is 3. The zero-order valence-corrected chi connectivity index (χ0v) is 9.16. The molecule has 1 aromatic carbocycles. The van der Waals surface area contributed by atoms with Crippen molar-refractivity contribution in [3.63, 3.8) is 0 Å². The fourth-order valence-corrected chi connectivity index (χ4v) is 1.99. The number of nitrogens with two attached hydrogens (primary N) is 1. The SMILES string of the molecule is N#Cc1cc(CN)ccc1Sc1ncn[nH]1. The number of nitrogens with one attached hydrogen (secondary N) is 1. The molecule has 3 N–H and O–H groups in total. The van der Waals surface area contributed by atoms with Crippen LogP contribution in [0.1, 0.15) is 11.1 Å². The Labute approximate surface area is 96.7 Å². The summed E-state index contributed by atoms with van der Waals surface area (Å²) in [4.78, 5) is 4.84. The van der Waals surface area contributed by atoms with Gasteiger partial charge in [0, 0.05) is 11.4 Å². The van der Waals surface area contributed by atoms with Gasteiger partial charge in [-0.2, -0.15) is 10.4 Å². The number of benzene rings is 1. The first kappa shape index (κ1) is 10.7. The van der Waals surface area contributed by atoms with Gasteiger partial charge in [-0.25, -0.2) is 4.98 Å². The Bertz CT molecular complexity index is 515. The van der Waals surface area contributed by atoms with Crippen molar-refractivity contribution in [2.24, 2.45) is 5.73 Å². The third-order valence-corrected chi connectivity index (χ3v) is 2.97. The van der Waals surface area contributed by atoms with Crippen LogP contribution in [0, 0.1) is 11.3 Å². The summed E-state index contributed by atoms with van der Waals surface area (Å²) in [6.07, 6.45) is 1.43. The second kappa shape index (κ2) is 4.79. The molecule has 0 saturated carbocycles. The molecular formula is C10H9N5S. The van der Waals surface area contributed by atoms with Crippen LogP contribution in [0.2, 0.25) is 0 Å². The van der Waals surface area contributed by atoms with E-state index in [2.05, 4.69) is 21.3 Å². The number of rotatable bonds is 3. The third-order valence-electron chi connectivity index (χ3n) is 2.00. The number of hydrogen-bond donors (Lipinski definition) is 2. The molecule has 0 atom stereocenters. The van der Waals surface area contributed by atoms with Crippen LogP contribution in [-0.4, -0.2) is 15.2 Å². The molecule has 80 valence electrons. The lowest BCUT2D eigenvalue weighted by molar-refractivity contribution is 0.972. The van der Waals surface area contributed by atoms with Crippen molar-refractivity contribution in [3.8, 4) is 6.07 Å². The normalized spacial score (nSPS) is 10.0. The number of nitrogens with zero attached hydrogens (tertiary/aromatic N) is 3. The van der Waals surface area contributed by atoms with Gasteiger partial charge >= 0.3 is 0 Å². The first-order valence-electron chi connectivity index (χ1n) is 4.60. The molecule has 0 amide bonds. The zero-order chi connectivity index (χ0) is 11.4. The summed E-state index contributed by atoms with van der Waals surface area (Å²) in [6.45, 7) is 0.432. The van der Waals surface area contributed by atoms with Gasteiger partial charge in [-0.15, -0.1) is 0 Å². The van der Waals surface area contributed by atoms with E-state index in [0.717, 1.165) is 10.5 Å². The van der Waals surface area contributed by atoms with Gasteiger partial charge in [0.2, 0.25) is 0 Å². The third kappa shape index (κ3) is 2.21. The molecule has 0 radical (unpaired) electrons. The summed E-state index contributed by atoms with van der Waals surface area (Å²) in [5.74, 6) is 0. The Balaban J connectivity index is 2.31. The van der Waals surface area contributed by atoms with E-state index in [1.807, 2.05) is 12.1 Å². The lowest BCUT2D eigenvalue weighted by Gasteiger charge is -2.03. The maximum absolute atomic E-state index is 9.02. The minimum atomic E-state index is 0.432. The van der Waals surface area contributed by atoms with Gasteiger partial charge in [-0.3, -0.25) is 5.10 Å². The van der Waals surface area contributed by atoms with Crippen LogP contribution in [0.15, 0.2) is 34.6 Å². The summed E-state index contributed by atoms with van der Waals surface area (Å²) < 4.78 is 0. The van der Waals surface area contributed by atoms with Crippen LogP contribution in [-0.2, 0) is 6.54 Å². The van der Waals surface area contributed by atoms with Crippen molar-refractivity contribution >= 4 is 11.8 Å². The fourth-order valence-electron chi connectivity index (χ4n) is 1.23. The van der Waals surface area contributed by atoms with E-state index in [1.165, 1.54) is 18.1 Å². The van der Waals surface area contributed by atoms with Gasteiger partial charge < -0.3 is 5.73 Å². The van der Waals surface area contributed by atoms with E-state index in [0.29, 0.717) is 17.3 Å². The molecule has 0 unspecified atom stereocenters. The molecular weight excluding hydrogens is 222 g/mol. The molecule has 0 aliphatic carbocycles. The Morgan fingerprint density at radius 3 is 3.00 bits per heavy atom. The topological polar surface area (TPSA) is 91.4 Å². The van der Waals surface area contributed by atoms with E-state index in [1.54, 1.807) is 6.07 Å². The van der Waals surface area contributed by atoms with Crippen molar-refractivity contribution in [1.82, 2.24) is 15.2 Å². The van der Waals surface area contributed by atoms with Crippen molar-refractivity contribution < 1.29 is 0 Å². The Kier molecular flexibility index (Phi) is 3.19. The van der Waals surface area contributed by atoms with Crippen LogP contribution >= 0.6 is 11.8 Å². The van der Waals surface area contributed by atoms with Crippen LogP contribution < -0.4 is 5.73 Å². The van der Waals surface area contributed by atoms with Crippen LogP contribution in [0.5, 0.6) is 0 Å². The average Bonchev–Trinajstić information content (AvgIpc) is 2.82. The van der Waals surface area contributed by atoms with Crippen LogP contribution in [0.25, 0.3) is 0 Å². The summed E-state index contributed by atoms with van der Waals surface area (Å²) in [5.41, 5.74) is 7.06. The minimum absolute atomic E-state index is 0.432. The van der Waals surface area contributed by atoms with Gasteiger partial charge in [0.15, 0.2) is 5.16 Å². The number of H-pyrrole nitrogens is 1. The number of nitriles is 1. The van der Waals surface area contributed by atoms with Crippen molar-refractivity contribution in [2.75, 3.05) is 0 Å². The first-order chi connectivity index (χ1) is 7.83. The van der Waals surface area contributed by atoms with E-state index >= 15 is 0 Å². The summed E-state index contributed by atoms with van der Waals surface area (Å²) >= 11 is 1.37. The van der Waals surface area contributed by atoms with Gasteiger partial charge in [0.05, 0.1) is 5.56 Å². The molecule has 0 fully saturated rings. The number of hydrogen-bond acceptors (Lipinski definition) is 5. The fraction of sp³-hybridized carbons (Fsp3) is 0.100. The lowest BCUT2D eigenvalue weighted by Crippen LogP contribution is -1.97. The van der Waals surface area contributed by atoms with Crippen molar-refractivity contribution in [3.05, 3.63) is 35.7 Å². The maximum atomic E-state index is 9.02. The Hall–Kier alpha value is -1.84. The van der Waals surface area contributed by atoms with Crippen LogP contribution in [0.4, 0.5) is 0 Å². The molecule has 1 aromatic heterocycles. The standard InChI is InChI=1S/C10H9N5S/c11-4-7-1-2-9(8(3-7)5-12)16-10-13-6-14-15-10/h1-3,6H,4,11H2,(H,13,14,15). The van der Waals surface area contributed by atoms with E-state index in [-0.39, 0.29) is 0 Å². The maximum Gasteiger partial charge on any atom is 0.188 e. The first-order valence-corrected chi connectivity index (χ1v) is 5.41. The predicted molar refractivity (Wildman–Crippen MR) is 59.6 cm³/mol. The highest BCUT2D eigenvalue weighted by Gasteiger charge is 2.06. The van der Waals surface area contributed by atoms with Gasteiger partial charge in [0.1, 0.15) is 12.4 Å². The molecule has 16 heavy (non-hydrogen) atoms. The molecule has 1 heterocycles. The zero-order valence-electron chi connectivity index (χ0n) is 8.34. The number of aromatic amines is 1. The van der Waals surface area contributed by atoms with Gasteiger partial charge in [0.25, 0.3) is 0 Å². The second-order valence-electron chi connectivity index (χ2n) is 3.04. The predicted octanol–water partition coefficient (Wildman–Crippen LogP) is 1.29. The average molecular weight is 231 g/mol. The molecule has 0 aliphatic heterocycles. The van der Waals surface area contributed by atoms with Crippen LogP contribution in [0.3, 0.4) is 0 Å². The molecule has 0 saturated heterocycles. The van der Waals surface area contributed by atoms with Crippen molar-refractivity contribution in [1.29, 1.82) is 5.26 Å². The minimum Gasteiger partial charge on any atom is -0.326 e. The largest absolute Gasteiger partial charge is 0.326 e. The van der Waals surface area contributed by atoms with Gasteiger partial charge in [-0.05, 0) is 29.5 Å². The quantitative estimate of drug-likeness (QED) is 0.830. The summed E-state index contributed by atoms with van der Waals surface area (Å²) in [7, 11) is 0. The molecule has 0 spiro atoms. The van der Waals surface area contributed by atoms with E-state index in [9.17, 15) is 0 Å². The highest BCUT2D eigenvalue weighted by Crippen LogP contribution is 2.27. The highest BCUT2D eigenvalue weighted by molar-refractivity contribution is 7.99. The Morgan fingerprint density at radius 1 is 1.50 bits per heavy atom. The Morgan fingerprint density at radius 2 is 2.38 bits per heavy atom. The molecule has 0 bridgehead atoms. The lowest BCUT2D eigenvalue weighted by atomic mass is 10.1. The van der Waals surface area contributed by atoms with Crippen molar-refractivity contribution in [2.45, 2.75) is 16.6 Å². The molecule has 6 heteroatoms. The van der Waals surface area contributed by atoms with Gasteiger partial charge in [-0.1, -0.05) is 6.07 Å². The molecule has 5 nitrogen and oxygen atoms in total.